The van der Waals surface area contributed by atoms with Crippen molar-refractivity contribution >= 4 is 33.5 Å². The van der Waals surface area contributed by atoms with Crippen LogP contribution < -0.4 is 5.32 Å². The van der Waals surface area contributed by atoms with Crippen LogP contribution in [0.5, 0.6) is 0 Å². The third kappa shape index (κ3) is 3.08. The molecule has 0 spiro atoms. The molecule has 136 valence electrons. The van der Waals surface area contributed by atoms with Crippen molar-refractivity contribution in [3.8, 4) is 0 Å². The number of aromatic nitrogens is 4. The summed E-state index contributed by atoms with van der Waals surface area (Å²) >= 11 is 1.34. The van der Waals surface area contributed by atoms with Gasteiger partial charge in [0.1, 0.15) is 11.1 Å². The van der Waals surface area contributed by atoms with E-state index in [0.717, 1.165) is 30.2 Å². The Balaban J connectivity index is 1.64. The minimum atomic E-state index is -0.277. The number of aryl methyl sites for hydroxylation is 1. The van der Waals surface area contributed by atoms with Crippen molar-refractivity contribution < 1.29 is 14.1 Å². The average molecular weight is 373 g/mol. The average Bonchev–Trinajstić information content (AvgIpc) is 3.35. The van der Waals surface area contributed by atoms with Crippen molar-refractivity contribution in [3.63, 3.8) is 0 Å². The van der Waals surface area contributed by atoms with Crippen LogP contribution in [0.3, 0.4) is 0 Å². The molecule has 4 heterocycles. The zero-order valence-corrected chi connectivity index (χ0v) is 15.6. The first-order valence-electron chi connectivity index (χ1n) is 8.56. The van der Waals surface area contributed by atoms with E-state index < -0.39 is 0 Å². The largest absolute Gasteiger partial charge is 0.371 e. The van der Waals surface area contributed by atoms with E-state index in [1.807, 2.05) is 13.8 Å². The lowest BCUT2D eigenvalue weighted by Gasteiger charge is -2.08. The summed E-state index contributed by atoms with van der Waals surface area (Å²) in [4.78, 5) is 17.3. The fourth-order valence-corrected chi connectivity index (χ4v) is 3.76. The first-order valence-corrected chi connectivity index (χ1v) is 9.38. The van der Waals surface area contributed by atoms with Crippen LogP contribution in [0.1, 0.15) is 65.5 Å². The van der Waals surface area contributed by atoms with Gasteiger partial charge in [0.25, 0.3) is 11.6 Å². The number of fused-ring (bicyclic) bond motifs is 1. The van der Waals surface area contributed by atoms with E-state index in [9.17, 15) is 4.79 Å². The molecule has 26 heavy (non-hydrogen) atoms. The molecule has 0 aliphatic carbocycles. The Morgan fingerprint density at radius 3 is 2.96 bits per heavy atom. The van der Waals surface area contributed by atoms with Gasteiger partial charge in [-0.25, -0.2) is 4.98 Å². The summed E-state index contributed by atoms with van der Waals surface area (Å²) in [6, 6.07) is 1.79. The van der Waals surface area contributed by atoms with Crippen molar-refractivity contribution in [2.24, 2.45) is 0 Å². The van der Waals surface area contributed by atoms with Crippen LogP contribution in [0.25, 0.3) is 11.1 Å². The van der Waals surface area contributed by atoms with Crippen molar-refractivity contribution in [2.45, 2.75) is 45.6 Å². The minimum Gasteiger partial charge on any atom is -0.371 e. The molecule has 9 heteroatoms. The number of nitrogens with one attached hydrogen (secondary N) is 1. The molecule has 0 saturated carbocycles. The van der Waals surface area contributed by atoms with Crippen molar-refractivity contribution in [1.29, 1.82) is 0 Å². The summed E-state index contributed by atoms with van der Waals surface area (Å²) < 4.78 is 10.9. The number of anilines is 1. The van der Waals surface area contributed by atoms with Crippen molar-refractivity contribution in [3.05, 3.63) is 28.0 Å². The zero-order chi connectivity index (χ0) is 18.3. The standard InChI is InChI=1S/C17H19N5O3S/c1-8(2)11-7-10(13-9(3)22-25-15(13)18-11)14(23)19-17-21-20-16(26-17)12-5-4-6-24-12/h7-8,12H,4-6H2,1-3H3,(H,19,21,23). The number of hydrogen-bond acceptors (Lipinski definition) is 8. The monoisotopic (exact) mass is 373 g/mol. The van der Waals surface area contributed by atoms with Gasteiger partial charge in [0.05, 0.1) is 16.6 Å². The van der Waals surface area contributed by atoms with E-state index in [2.05, 4.69) is 25.7 Å². The summed E-state index contributed by atoms with van der Waals surface area (Å²) in [6.07, 6.45) is 1.94. The van der Waals surface area contributed by atoms with Gasteiger partial charge in [-0.05, 0) is 31.7 Å². The first kappa shape index (κ1) is 17.0. The maximum absolute atomic E-state index is 12.9. The molecule has 1 aliphatic rings. The highest BCUT2D eigenvalue weighted by Crippen LogP contribution is 2.32. The number of rotatable bonds is 4. The predicted molar refractivity (Wildman–Crippen MR) is 96.4 cm³/mol. The van der Waals surface area contributed by atoms with Gasteiger partial charge in [0, 0.05) is 12.3 Å². The molecule has 3 aromatic rings. The number of carbonyl (C=O) groups is 1. The Hall–Kier alpha value is -2.39. The Morgan fingerprint density at radius 2 is 2.23 bits per heavy atom. The van der Waals surface area contributed by atoms with E-state index in [1.165, 1.54) is 11.3 Å². The molecule has 4 rings (SSSR count). The number of hydrogen-bond donors (Lipinski definition) is 1. The molecule has 1 atom stereocenters. The highest BCUT2D eigenvalue weighted by atomic mass is 32.1. The summed E-state index contributed by atoms with van der Waals surface area (Å²) in [6.45, 7) is 6.56. The summed E-state index contributed by atoms with van der Waals surface area (Å²) in [5.74, 6) is -0.121. The third-order valence-corrected chi connectivity index (χ3v) is 5.27. The molecule has 0 radical (unpaired) electrons. The maximum atomic E-state index is 12.9. The summed E-state index contributed by atoms with van der Waals surface area (Å²) in [5, 5.41) is 16.9. The molecule has 1 N–H and O–H groups in total. The summed E-state index contributed by atoms with van der Waals surface area (Å²) in [5.41, 5.74) is 2.25. The topological polar surface area (TPSA) is 103 Å². The molecule has 3 aromatic heterocycles. The second kappa shape index (κ2) is 6.73. The molecular weight excluding hydrogens is 354 g/mol. The second-order valence-electron chi connectivity index (χ2n) is 6.60. The molecule has 0 bridgehead atoms. The molecule has 1 unspecified atom stereocenters. The lowest BCUT2D eigenvalue weighted by molar-refractivity contribution is 0.102. The third-order valence-electron chi connectivity index (χ3n) is 4.34. The molecule has 1 aliphatic heterocycles. The fraction of sp³-hybridized carbons (Fsp3) is 0.471. The summed E-state index contributed by atoms with van der Waals surface area (Å²) in [7, 11) is 0. The Bertz CT molecular complexity index is 959. The SMILES string of the molecule is Cc1noc2nc(C(C)C)cc(C(=O)Nc3nnc(C4CCCO4)s3)c12. The van der Waals surface area contributed by atoms with E-state index in [0.29, 0.717) is 27.5 Å². The van der Waals surface area contributed by atoms with E-state index in [-0.39, 0.29) is 17.9 Å². The lowest BCUT2D eigenvalue weighted by Crippen LogP contribution is -2.13. The van der Waals surface area contributed by atoms with Crippen LogP contribution in [-0.2, 0) is 4.74 Å². The van der Waals surface area contributed by atoms with Crippen LogP contribution in [0.2, 0.25) is 0 Å². The minimum absolute atomic E-state index is 0.0151. The fourth-order valence-electron chi connectivity index (χ4n) is 2.94. The second-order valence-corrected chi connectivity index (χ2v) is 7.61. The van der Waals surface area contributed by atoms with E-state index in [4.69, 9.17) is 9.26 Å². The van der Waals surface area contributed by atoms with Crippen molar-refractivity contribution in [1.82, 2.24) is 20.3 Å². The van der Waals surface area contributed by atoms with Gasteiger partial charge in [0.15, 0.2) is 0 Å². The quantitative estimate of drug-likeness (QED) is 0.745. The molecule has 1 saturated heterocycles. The van der Waals surface area contributed by atoms with Gasteiger partial charge in [-0.3, -0.25) is 10.1 Å². The highest BCUT2D eigenvalue weighted by Gasteiger charge is 2.24. The van der Waals surface area contributed by atoms with Crippen LogP contribution in [-0.4, -0.2) is 32.9 Å². The molecular formula is C17H19N5O3S. The number of ether oxygens (including phenoxy) is 1. The molecule has 1 amide bonds. The Kier molecular flexibility index (Phi) is 4.41. The normalized spacial score (nSPS) is 17.3. The molecule has 8 nitrogen and oxygen atoms in total. The predicted octanol–water partition coefficient (Wildman–Crippen LogP) is 3.61. The highest BCUT2D eigenvalue weighted by molar-refractivity contribution is 7.15. The molecule has 1 fully saturated rings. The van der Waals surface area contributed by atoms with Gasteiger partial charge in [-0.1, -0.05) is 30.3 Å². The first-order chi connectivity index (χ1) is 12.5. The number of nitrogens with zero attached hydrogens (tertiary/aromatic N) is 4. The van der Waals surface area contributed by atoms with Gasteiger partial charge in [-0.2, -0.15) is 0 Å². The van der Waals surface area contributed by atoms with Crippen LogP contribution in [0.4, 0.5) is 5.13 Å². The van der Waals surface area contributed by atoms with Gasteiger partial charge >= 0.3 is 0 Å². The van der Waals surface area contributed by atoms with Crippen LogP contribution in [0.15, 0.2) is 10.6 Å². The van der Waals surface area contributed by atoms with Crippen LogP contribution in [0, 0.1) is 6.92 Å². The number of pyridine rings is 1. The maximum Gasteiger partial charge on any atom is 0.259 e. The zero-order valence-electron chi connectivity index (χ0n) is 14.8. The van der Waals surface area contributed by atoms with Gasteiger partial charge in [0.2, 0.25) is 5.13 Å². The molecule has 0 aromatic carbocycles. The number of amides is 1. The van der Waals surface area contributed by atoms with Crippen molar-refractivity contribution in [2.75, 3.05) is 11.9 Å². The smallest absolute Gasteiger partial charge is 0.259 e. The Morgan fingerprint density at radius 1 is 1.38 bits per heavy atom. The van der Waals surface area contributed by atoms with Crippen LogP contribution >= 0.6 is 11.3 Å². The number of carbonyl (C=O) groups excluding carboxylic acids is 1. The van der Waals surface area contributed by atoms with E-state index in [1.54, 1.807) is 13.0 Å². The van der Waals surface area contributed by atoms with Gasteiger partial charge < -0.3 is 9.26 Å². The van der Waals surface area contributed by atoms with E-state index >= 15 is 0 Å². The lowest BCUT2D eigenvalue weighted by atomic mass is 10.0. The Labute approximate surface area is 154 Å². The van der Waals surface area contributed by atoms with Gasteiger partial charge in [-0.15, -0.1) is 10.2 Å².